The molecule has 0 radical (unpaired) electrons. The zero-order valence-electron chi connectivity index (χ0n) is 19.9. The van der Waals surface area contributed by atoms with Crippen molar-refractivity contribution in [3.8, 4) is 17.0 Å². The fourth-order valence-electron chi connectivity index (χ4n) is 4.55. The molecule has 4 heterocycles. The Kier molecular flexibility index (Phi) is 6.92. The molecule has 5 rings (SSSR count). The third-order valence-electron chi connectivity index (χ3n) is 6.36. The minimum atomic E-state index is -2.55. The van der Waals surface area contributed by atoms with Crippen molar-refractivity contribution in [1.29, 1.82) is 0 Å². The quantitative estimate of drug-likeness (QED) is 0.372. The molecule has 13 heteroatoms. The zero-order chi connectivity index (χ0) is 25.2. The summed E-state index contributed by atoms with van der Waals surface area (Å²) in [5, 5.41) is 15.4. The molecular weight excluding hydrogens is 477 g/mol. The molecule has 1 saturated heterocycles. The number of nitrogens with zero attached hydrogens (tertiary/aromatic N) is 7. The second-order valence-electron chi connectivity index (χ2n) is 8.68. The minimum Gasteiger partial charge on any atom is -0.479 e. The fraction of sp³-hybridized carbons (Fsp3) is 0.478. The van der Waals surface area contributed by atoms with Gasteiger partial charge in [-0.25, -0.2) is 22.4 Å². The van der Waals surface area contributed by atoms with Gasteiger partial charge in [0.1, 0.15) is 23.7 Å². The summed E-state index contributed by atoms with van der Waals surface area (Å²) in [4.78, 5) is 6.53. The lowest BCUT2D eigenvalue weighted by Crippen LogP contribution is -2.48. The summed E-state index contributed by atoms with van der Waals surface area (Å²) < 4.78 is 54.2. The number of halogens is 3. The Morgan fingerprint density at radius 3 is 2.83 bits per heavy atom. The molecule has 3 aromatic heterocycles. The molecule has 1 N–H and O–H groups in total. The maximum atomic E-state index is 14.8. The molecule has 10 nitrogen and oxygen atoms in total. The van der Waals surface area contributed by atoms with Gasteiger partial charge in [0.2, 0.25) is 11.8 Å². The molecular formula is C23H27F3N8O2. The Morgan fingerprint density at radius 2 is 2.08 bits per heavy atom. The van der Waals surface area contributed by atoms with E-state index in [1.54, 1.807) is 30.0 Å². The molecule has 4 aromatic rings. The number of methoxy groups -OCH3 is 2. The normalized spacial score (nSPS) is 18.9. The first-order valence-corrected chi connectivity index (χ1v) is 11.6. The first kappa shape index (κ1) is 24.3. The number of nitrogens with one attached hydrogen (secondary N) is 1. The standard InChI is InChI=1S/C23H27F3N8O2/c1-35-10-9-32-7-6-17(16(24)12-32)27-23-28-22(36-2)21-15(5-8-33(21)30-23)14-3-4-18-19(11-14)34(31-29-18)13-20(25)26/h3-5,8,11,16-17,20H,6-7,9-10,12-13H2,1-2H3,(H,27,30)/t16-,17+/m1/s1. The van der Waals surface area contributed by atoms with E-state index in [0.717, 1.165) is 17.7 Å². The van der Waals surface area contributed by atoms with Crippen LogP contribution in [-0.4, -0.2) is 93.6 Å². The van der Waals surface area contributed by atoms with Crippen molar-refractivity contribution in [3.05, 3.63) is 30.5 Å². The van der Waals surface area contributed by atoms with Crippen LogP contribution in [0.5, 0.6) is 5.88 Å². The average Bonchev–Trinajstić information content (AvgIpc) is 3.47. The number of hydrogen-bond acceptors (Lipinski definition) is 8. The number of hydrogen-bond donors (Lipinski definition) is 1. The van der Waals surface area contributed by atoms with Gasteiger partial charge in [-0.2, -0.15) is 4.98 Å². The van der Waals surface area contributed by atoms with Gasteiger partial charge in [0.25, 0.3) is 6.43 Å². The second-order valence-corrected chi connectivity index (χ2v) is 8.68. The van der Waals surface area contributed by atoms with E-state index < -0.39 is 25.2 Å². The van der Waals surface area contributed by atoms with E-state index in [0.29, 0.717) is 48.5 Å². The number of rotatable bonds is 9. The van der Waals surface area contributed by atoms with Crippen molar-refractivity contribution in [2.24, 2.45) is 0 Å². The molecule has 36 heavy (non-hydrogen) atoms. The smallest absolute Gasteiger partial charge is 0.258 e. The van der Waals surface area contributed by atoms with Gasteiger partial charge < -0.3 is 14.8 Å². The van der Waals surface area contributed by atoms with Crippen LogP contribution >= 0.6 is 0 Å². The summed E-state index contributed by atoms with van der Waals surface area (Å²) in [5.41, 5.74) is 3.11. The number of alkyl halides is 3. The number of piperidine rings is 1. The third kappa shape index (κ3) is 4.80. The van der Waals surface area contributed by atoms with Gasteiger partial charge in [-0.15, -0.1) is 10.2 Å². The van der Waals surface area contributed by atoms with Gasteiger partial charge in [-0.1, -0.05) is 11.3 Å². The topological polar surface area (TPSA) is 94.6 Å². The molecule has 2 atom stereocenters. The molecule has 0 spiro atoms. The molecule has 1 aliphatic heterocycles. The zero-order valence-corrected chi connectivity index (χ0v) is 19.9. The summed E-state index contributed by atoms with van der Waals surface area (Å²) >= 11 is 0. The van der Waals surface area contributed by atoms with Crippen molar-refractivity contribution in [2.75, 3.05) is 45.8 Å². The molecule has 1 aromatic carbocycles. The Morgan fingerprint density at radius 1 is 1.22 bits per heavy atom. The molecule has 1 fully saturated rings. The van der Waals surface area contributed by atoms with E-state index in [-0.39, 0.29) is 5.95 Å². The summed E-state index contributed by atoms with van der Waals surface area (Å²) in [5.74, 6) is 0.564. The third-order valence-corrected chi connectivity index (χ3v) is 6.36. The molecule has 0 saturated carbocycles. The summed E-state index contributed by atoms with van der Waals surface area (Å²) in [6.07, 6.45) is -1.28. The van der Waals surface area contributed by atoms with E-state index in [1.807, 2.05) is 17.0 Å². The highest BCUT2D eigenvalue weighted by Gasteiger charge is 2.30. The van der Waals surface area contributed by atoms with E-state index in [1.165, 1.54) is 11.8 Å². The maximum absolute atomic E-state index is 14.8. The van der Waals surface area contributed by atoms with Crippen LogP contribution in [0.15, 0.2) is 30.5 Å². The molecule has 192 valence electrons. The molecule has 0 bridgehead atoms. The number of benzene rings is 1. The largest absolute Gasteiger partial charge is 0.479 e. The van der Waals surface area contributed by atoms with E-state index in [4.69, 9.17) is 9.47 Å². The molecule has 0 aliphatic carbocycles. The predicted octanol–water partition coefficient (Wildman–Crippen LogP) is 2.89. The van der Waals surface area contributed by atoms with Crippen LogP contribution in [0, 0.1) is 0 Å². The van der Waals surface area contributed by atoms with E-state index in [9.17, 15) is 13.2 Å². The van der Waals surface area contributed by atoms with Crippen molar-refractivity contribution < 1.29 is 22.6 Å². The van der Waals surface area contributed by atoms with Crippen molar-refractivity contribution in [2.45, 2.75) is 31.6 Å². The van der Waals surface area contributed by atoms with Crippen molar-refractivity contribution >= 4 is 22.5 Å². The highest BCUT2D eigenvalue weighted by molar-refractivity contribution is 5.89. The summed E-state index contributed by atoms with van der Waals surface area (Å²) in [6.45, 7) is 1.77. The average molecular weight is 505 g/mol. The van der Waals surface area contributed by atoms with Crippen LogP contribution in [0.2, 0.25) is 0 Å². The first-order chi connectivity index (χ1) is 17.5. The monoisotopic (exact) mass is 504 g/mol. The lowest BCUT2D eigenvalue weighted by atomic mass is 10.0. The summed E-state index contributed by atoms with van der Waals surface area (Å²) in [6, 6.07) is 6.72. The van der Waals surface area contributed by atoms with Gasteiger partial charge in [0.05, 0.1) is 25.3 Å². The van der Waals surface area contributed by atoms with Gasteiger partial charge in [0, 0.05) is 38.5 Å². The minimum absolute atomic E-state index is 0.258. The van der Waals surface area contributed by atoms with Crippen molar-refractivity contribution in [1.82, 2.24) is 34.5 Å². The Hall–Kier alpha value is -3.45. The number of aromatic nitrogens is 6. The van der Waals surface area contributed by atoms with E-state index >= 15 is 0 Å². The number of anilines is 1. The lowest BCUT2D eigenvalue weighted by molar-refractivity contribution is 0.0918. The molecule has 0 amide bonds. The van der Waals surface area contributed by atoms with Crippen molar-refractivity contribution in [3.63, 3.8) is 0 Å². The van der Waals surface area contributed by atoms with Crippen LogP contribution in [0.1, 0.15) is 6.42 Å². The number of likely N-dealkylation sites (tertiary alicyclic amines) is 1. The van der Waals surface area contributed by atoms with Crippen LogP contribution in [-0.2, 0) is 11.3 Å². The van der Waals surface area contributed by atoms with Crippen LogP contribution < -0.4 is 10.1 Å². The van der Waals surface area contributed by atoms with Gasteiger partial charge in [-0.3, -0.25) is 4.90 Å². The van der Waals surface area contributed by atoms with E-state index in [2.05, 4.69) is 25.7 Å². The SMILES string of the molecule is COCCN1CC[C@H](Nc2nc(OC)c3c(-c4ccc5nnn(CC(F)F)c5c4)ccn3n2)[C@H](F)C1. The number of fused-ring (bicyclic) bond motifs is 2. The maximum Gasteiger partial charge on any atom is 0.258 e. The predicted molar refractivity (Wildman–Crippen MR) is 127 cm³/mol. The highest BCUT2D eigenvalue weighted by Crippen LogP contribution is 2.33. The molecule has 0 unspecified atom stereocenters. The Balaban J connectivity index is 1.42. The number of ether oxygens (including phenoxy) is 2. The Labute approximate surface area is 205 Å². The van der Waals surface area contributed by atoms with Gasteiger partial charge in [-0.05, 0) is 30.2 Å². The summed E-state index contributed by atoms with van der Waals surface area (Å²) in [7, 11) is 3.13. The second kappa shape index (κ2) is 10.3. The van der Waals surface area contributed by atoms with Crippen LogP contribution in [0.3, 0.4) is 0 Å². The Bertz CT molecular complexity index is 1340. The van der Waals surface area contributed by atoms with Gasteiger partial charge >= 0.3 is 0 Å². The van der Waals surface area contributed by atoms with Crippen LogP contribution in [0.4, 0.5) is 19.1 Å². The highest BCUT2D eigenvalue weighted by atomic mass is 19.3. The lowest BCUT2D eigenvalue weighted by Gasteiger charge is -2.34. The van der Waals surface area contributed by atoms with Gasteiger partial charge in [0.15, 0.2) is 0 Å². The first-order valence-electron chi connectivity index (χ1n) is 11.6. The fourth-order valence-corrected chi connectivity index (χ4v) is 4.55. The van der Waals surface area contributed by atoms with Crippen LogP contribution in [0.25, 0.3) is 27.7 Å². The molecule has 1 aliphatic rings.